The average molecular weight is 634 g/mol. The molecule has 0 spiro atoms. The van der Waals surface area contributed by atoms with Crippen molar-refractivity contribution in [1.29, 1.82) is 0 Å². The molecule has 0 radical (unpaired) electrons. The fourth-order valence-corrected chi connectivity index (χ4v) is 3.40. The molecule has 0 saturated carbocycles. The maximum Gasteiger partial charge on any atom is 4.00 e. The maximum absolute atomic E-state index is 11.7. The molecule has 0 saturated heterocycles. The van der Waals surface area contributed by atoms with Crippen LogP contribution in [0.4, 0.5) is 3.50 Å². The number of hydrogen-bond acceptors (Lipinski definition) is 0. The van der Waals surface area contributed by atoms with E-state index >= 15 is 0 Å². The van der Waals surface area contributed by atoms with E-state index in [-0.39, 0.29) is 26.2 Å². The van der Waals surface area contributed by atoms with E-state index in [1.54, 1.807) is 0 Å². The van der Waals surface area contributed by atoms with Gasteiger partial charge in [0.25, 0.3) is 0 Å². The topological polar surface area (TPSA) is 42.3 Å². The molecule has 0 aliphatic carbocycles. The maximum atomic E-state index is 11.7. The van der Waals surface area contributed by atoms with Crippen LogP contribution in [0.15, 0.2) is 24.3 Å². The minimum Gasteiger partial charge on any atom is 4.00 e. The van der Waals surface area contributed by atoms with E-state index < -0.39 is 15.9 Å². The quantitative estimate of drug-likeness (QED) is 0.0830. The summed E-state index contributed by atoms with van der Waals surface area (Å²) in [7, 11) is 0. The SMILES string of the molecule is CCCC[N-]CCCC.CCCC[N-]CCCC.CCCC[N-]CCCC.[F][GeH2][c-]1cccc1.[Zr+4]. The molecule has 0 unspecified atom stereocenters. The minimum atomic E-state index is -1.73. The first-order chi connectivity index (χ1) is 16.7. The Morgan fingerprint density at radius 3 is 0.886 bits per heavy atom. The predicted molar refractivity (Wildman–Crippen MR) is 160 cm³/mol. The summed E-state index contributed by atoms with van der Waals surface area (Å²) >= 11 is -1.73. The monoisotopic (exact) mass is 633 g/mol. The zero-order valence-electron chi connectivity index (χ0n) is 24.5. The van der Waals surface area contributed by atoms with Crippen molar-refractivity contribution >= 4 is 20.3 Å². The van der Waals surface area contributed by atoms with Crippen LogP contribution in [0.1, 0.15) is 119 Å². The molecule has 0 N–H and O–H groups in total. The Morgan fingerprint density at radius 2 is 0.743 bits per heavy atom. The fraction of sp³-hybridized carbons (Fsp3) is 0.828. The first kappa shape index (κ1) is 42.7. The molecule has 0 atom stereocenters. The molecule has 0 aromatic heterocycles. The van der Waals surface area contributed by atoms with Gasteiger partial charge in [0.05, 0.1) is 0 Å². The van der Waals surface area contributed by atoms with Crippen LogP contribution in [0.25, 0.3) is 16.0 Å². The molecular formula is C29H60FGeN3Zr. The van der Waals surface area contributed by atoms with Gasteiger partial charge < -0.3 is 16.0 Å². The predicted octanol–water partition coefficient (Wildman–Crippen LogP) is 8.96. The summed E-state index contributed by atoms with van der Waals surface area (Å²) in [6.07, 6.45) is 15.2. The van der Waals surface area contributed by atoms with Crippen LogP contribution >= 0.6 is 0 Å². The van der Waals surface area contributed by atoms with Crippen molar-refractivity contribution in [3.05, 3.63) is 40.2 Å². The van der Waals surface area contributed by atoms with Crippen molar-refractivity contribution in [2.45, 2.75) is 119 Å². The third-order valence-electron chi connectivity index (χ3n) is 4.90. The summed E-state index contributed by atoms with van der Waals surface area (Å²) in [4.78, 5) is 0. The van der Waals surface area contributed by atoms with Crippen LogP contribution in [0.3, 0.4) is 0 Å². The number of hydrogen-bond donors (Lipinski definition) is 0. The zero-order valence-corrected chi connectivity index (χ0v) is 29.9. The van der Waals surface area contributed by atoms with Gasteiger partial charge in [-0.25, -0.2) is 0 Å². The Morgan fingerprint density at radius 1 is 0.514 bits per heavy atom. The van der Waals surface area contributed by atoms with Gasteiger partial charge in [0, 0.05) is 0 Å². The largest absolute Gasteiger partial charge is 4.00 e. The van der Waals surface area contributed by atoms with E-state index in [1.165, 1.54) is 77.0 Å². The van der Waals surface area contributed by atoms with Gasteiger partial charge in [0.2, 0.25) is 0 Å². The van der Waals surface area contributed by atoms with E-state index in [4.69, 9.17) is 0 Å². The second-order valence-corrected chi connectivity index (χ2v) is 10.8. The Labute approximate surface area is 246 Å². The molecule has 0 amide bonds. The Bertz CT molecular complexity index is 357. The van der Waals surface area contributed by atoms with Crippen molar-refractivity contribution < 1.29 is 29.7 Å². The second-order valence-electron chi connectivity index (χ2n) is 8.56. The molecule has 0 bridgehead atoms. The molecule has 6 heteroatoms. The van der Waals surface area contributed by atoms with E-state index in [9.17, 15) is 3.50 Å². The summed E-state index contributed by atoms with van der Waals surface area (Å²) in [5.74, 6) is 0. The van der Waals surface area contributed by atoms with Gasteiger partial charge in [-0.1, -0.05) is 119 Å². The molecule has 206 valence electrons. The Hall–Kier alpha value is 0.586. The third-order valence-corrected chi connectivity index (χ3v) is 6.54. The minimum absolute atomic E-state index is 0. The summed E-state index contributed by atoms with van der Waals surface area (Å²) in [6.45, 7) is 19.7. The van der Waals surface area contributed by atoms with E-state index in [2.05, 4.69) is 57.5 Å². The van der Waals surface area contributed by atoms with Gasteiger partial charge in [0.15, 0.2) is 0 Å². The van der Waals surface area contributed by atoms with Crippen LogP contribution in [0.2, 0.25) is 0 Å². The summed E-state index contributed by atoms with van der Waals surface area (Å²) in [6, 6.07) is 7.44. The van der Waals surface area contributed by atoms with Crippen LogP contribution < -0.4 is 4.40 Å². The molecule has 0 aliphatic heterocycles. The fourth-order valence-electron chi connectivity index (χ4n) is 2.46. The van der Waals surface area contributed by atoms with Crippen molar-refractivity contribution in [1.82, 2.24) is 0 Å². The molecule has 0 heterocycles. The van der Waals surface area contributed by atoms with Gasteiger partial charge >= 0.3 is 74.3 Å². The van der Waals surface area contributed by atoms with Crippen molar-refractivity contribution in [3.8, 4) is 0 Å². The number of halogens is 1. The molecule has 0 aliphatic rings. The van der Waals surface area contributed by atoms with E-state index in [0.29, 0.717) is 0 Å². The van der Waals surface area contributed by atoms with Gasteiger partial charge in [-0.05, 0) is 0 Å². The molecule has 0 fully saturated rings. The third kappa shape index (κ3) is 48.3. The summed E-state index contributed by atoms with van der Waals surface area (Å²) in [5, 5.41) is 13.1. The second kappa shape index (κ2) is 44.6. The standard InChI is InChI=1S/3C8H18N.C5H6FGe.Zr/c3*1-3-5-7-9-8-6-4-2;6-7-5-3-1-2-4-5;/h3*3-8H2,1-2H3;1-4H,7H2;/q4*-1;+4. The first-order valence-corrected chi connectivity index (χ1v) is 16.9. The molecule has 1 aromatic carbocycles. The average Bonchev–Trinajstić information content (AvgIpc) is 3.39. The van der Waals surface area contributed by atoms with Crippen LogP contribution in [0.5, 0.6) is 0 Å². The Balaban J connectivity index is -0.000000182. The van der Waals surface area contributed by atoms with Crippen molar-refractivity contribution in [3.63, 3.8) is 0 Å². The molecule has 1 aromatic rings. The van der Waals surface area contributed by atoms with Crippen molar-refractivity contribution in [2.24, 2.45) is 0 Å². The Kier molecular flexibility index (Phi) is 54.3. The number of nitrogens with zero attached hydrogens (tertiary/aromatic N) is 3. The van der Waals surface area contributed by atoms with Crippen molar-refractivity contribution in [2.75, 3.05) is 39.3 Å². The first-order valence-electron chi connectivity index (χ1n) is 14.3. The van der Waals surface area contributed by atoms with Crippen LogP contribution in [-0.4, -0.2) is 55.2 Å². The zero-order chi connectivity index (χ0) is 26.0. The van der Waals surface area contributed by atoms with E-state index in [0.717, 1.165) is 43.7 Å². The van der Waals surface area contributed by atoms with Crippen LogP contribution in [-0.2, 0) is 26.2 Å². The molecular weight excluding hydrogens is 573 g/mol. The summed E-state index contributed by atoms with van der Waals surface area (Å²) < 4.78 is 12.7. The number of rotatable bonds is 19. The number of unbranched alkanes of at least 4 members (excludes halogenated alkanes) is 6. The van der Waals surface area contributed by atoms with Gasteiger partial charge in [-0.15, -0.1) is 39.3 Å². The molecule has 3 nitrogen and oxygen atoms in total. The summed E-state index contributed by atoms with van der Waals surface area (Å²) in [5.41, 5.74) is 0. The smallest absolute Gasteiger partial charge is 4.00 e. The normalized spacial score (nSPS) is 9.91. The van der Waals surface area contributed by atoms with Gasteiger partial charge in [0.1, 0.15) is 0 Å². The van der Waals surface area contributed by atoms with E-state index in [1.807, 2.05) is 24.3 Å². The van der Waals surface area contributed by atoms with Gasteiger partial charge in [-0.2, -0.15) is 0 Å². The molecule has 1 rings (SSSR count). The molecule has 35 heavy (non-hydrogen) atoms. The van der Waals surface area contributed by atoms with Crippen LogP contribution in [0, 0.1) is 0 Å². The van der Waals surface area contributed by atoms with Gasteiger partial charge in [-0.3, -0.25) is 0 Å².